The molecule has 2 rings (SSSR count). The Balaban J connectivity index is 2.04. The maximum Gasteiger partial charge on any atom is 0.221 e. The quantitative estimate of drug-likeness (QED) is 0.676. The van der Waals surface area contributed by atoms with Crippen molar-refractivity contribution in [2.24, 2.45) is 0 Å². The zero-order valence-electron chi connectivity index (χ0n) is 7.74. The summed E-state index contributed by atoms with van der Waals surface area (Å²) in [6.45, 7) is 4.89. The monoisotopic (exact) mass is 184 g/mol. The maximum absolute atomic E-state index is 5.40. The Bertz CT molecular complexity index is 291. The first-order valence-corrected chi connectivity index (χ1v) is 4.25. The molecule has 1 aliphatic heterocycles. The van der Waals surface area contributed by atoms with Gasteiger partial charge in [-0.2, -0.15) is 0 Å². The van der Waals surface area contributed by atoms with E-state index in [-0.39, 0.29) is 0 Å². The largest absolute Gasteiger partial charge is 0.425 e. The molecule has 1 saturated heterocycles. The van der Waals surface area contributed by atoms with Gasteiger partial charge in [0.25, 0.3) is 0 Å². The second-order valence-electron chi connectivity index (χ2n) is 3.22. The van der Waals surface area contributed by atoms with E-state index in [1.807, 2.05) is 6.92 Å². The van der Waals surface area contributed by atoms with E-state index in [0.29, 0.717) is 31.4 Å². The molecule has 0 amide bonds. The molecule has 0 unspecified atom stereocenters. The third kappa shape index (κ3) is 1.87. The zero-order chi connectivity index (χ0) is 9.31. The van der Waals surface area contributed by atoms with E-state index >= 15 is 0 Å². The topological polar surface area (TPSA) is 57.4 Å². The van der Waals surface area contributed by atoms with Crippen molar-refractivity contribution >= 4 is 0 Å². The van der Waals surface area contributed by atoms with Crippen LogP contribution in [0.3, 0.4) is 0 Å². The van der Waals surface area contributed by atoms with Gasteiger partial charge in [0.1, 0.15) is 0 Å². The van der Waals surface area contributed by atoms with Crippen molar-refractivity contribution in [1.82, 2.24) is 10.2 Å². The predicted octanol–water partition coefficient (Wildman–Crippen LogP) is 0.684. The predicted molar refractivity (Wildman–Crippen MR) is 43.0 cm³/mol. The average Bonchev–Trinajstić information content (AvgIpc) is 2.62. The SMILES string of the molecule is Cc1nnc(CC2(C)OCCO2)o1. The van der Waals surface area contributed by atoms with Gasteiger partial charge in [0, 0.05) is 6.92 Å². The molecule has 0 N–H and O–H groups in total. The van der Waals surface area contributed by atoms with Crippen LogP contribution in [0.25, 0.3) is 0 Å². The van der Waals surface area contributed by atoms with Crippen LogP contribution in [0.4, 0.5) is 0 Å². The second-order valence-corrected chi connectivity index (χ2v) is 3.22. The van der Waals surface area contributed by atoms with Crippen LogP contribution in [0.2, 0.25) is 0 Å². The van der Waals surface area contributed by atoms with Gasteiger partial charge in [0.15, 0.2) is 5.79 Å². The first-order chi connectivity index (χ1) is 6.18. The van der Waals surface area contributed by atoms with Crippen LogP contribution in [-0.4, -0.2) is 29.2 Å². The van der Waals surface area contributed by atoms with E-state index in [0.717, 1.165) is 0 Å². The van der Waals surface area contributed by atoms with Crippen molar-refractivity contribution in [2.75, 3.05) is 13.2 Å². The van der Waals surface area contributed by atoms with Crippen molar-refractivity contribution < 1.29 is 13.9 Å². The van der Waals surface area contributed by atoms with Gasteiger partial charge in [-0.25, -0.2) is 0 Å². The lowest BCUT2D eigenvalue weighted by molar-refractivity contribution is -0.143. The molecule has 72 valence electrons. The summed E-state index contributed by atoms with van der Waals surface area (Å²) in [6.07, 6.45) is 0.508. The highest BCUT2D eigenvalue weighted by molar-refractivity contribution is 4.86. The molecule has 1 fully saturated rings. The molecular weight excluding hydrogens is 172 g/mol. The first-order valence-electron chi connectivity index (χ1n) is 4.25. The molecule has 0 atom stereocenters. The summed E-state index contributed by atoms with van der Waals surface area (Å²) < 4.78 is 16.0. The standard InChI is InChI=1S/C8H12N2O3/c1-6-9-10-7(13-6)5-8(2)11-3-4-12-8/h3-5H2,1-2H3. The third-order valence-electron chi connectivity index (χ3n) is 1.94. The Morgan fingerprint density at radius 1 is 1.31 bits per heavy atom. The van der Waals surface area contributed by atoms with Crippen molar-refractivity contribution in [3.8, 4) is 0 Å². The van der Waals surface area contributed by atoms with E-state index < -0.39 is 5.79 Å². The lowest BCUT2D eigenvalue weighted by Gasteiger charge is -2.19. The van der Waals surface area contributed by atoms with Crippen LogP contribution in [-0.2, 0) is 15.9 Å². The molecule has 0 spiro atoms. The normalized spacial score (nSPS) is 20.8. The Morgan fingerprint density at radius 3 is 2.54 bits per heavy atom. The lowest BCUT2D eigenvalue weighted by atomic mass is 10.2. The van der Waals surface area contributed by atoms with E-state index in [4.69, 9.17) is 13.9 Å². The Labute approximate surface area is 76.0 Å². The van der Waals surface area contributed by atoms with E-state index in [9.17, 15) is 0 Å². The highest BCUT2D eigenvalue weighted by Crippen LogP contribution is 2.22. The van der Waals surface area contributed by atoms with Crippen molar-refractivity contribution in [1.29, 1.82) is 0 Å². The molecule has 5 nitrogen and oxygen atoms in total. The number of nitrogens with zero attached hydrogens (tertiary/aromatic N) is 2. The van der Waals surface area contributed by atoms with Gasteiger partial charge in [-0.3, -0.25) is 0 Å². The molecule has 1 aliphatic rings. The summed E-state index contributed by atoms with van der Waals surface area (Å²) in [5.41, 5.74) is 0. The minimum atomic E-state index is -0.584. The summed E-state index contributed by atoms with van der Waals surface area (Å²) in [5.74, 6) is 0.539. The van der Waals surface area contributed by atoms with Gasteiger partial charge >= 0.3 is 0 Å². The molecule has 0 aromatic carbocycles. The summed E-state index contributed by atoms with van der Waals surface area (Å²) >= 11 is 0. The highest BCUT2D eigenvalue weighted by Gasteiger charge is 2.33. The van der Waals surface area contributed by atoms with Crippen LogP contribution in [0, 0.1) is 6.92 Å². The molecule has 5 heteroatoms. The number of aryl methyl sites for hydroxylation is 1. The summed E-state index contributed by atoms with van der Waals surface area (Å²) in [6, 6.07) is 0. The molecule has 2 heterocycles. The molecule has 13 heavy (non-hydrogen) atoms. The fourth-order valence-electron chi connectivity index (χ4n) is 1.34. The minimum Gasteiger partial charge on any atom is -0.425 e. The van der Waals surface area contributed by atoms with Gasteiger partial charge in [-0.15, -0.1) is 10.2 Å². The van der Waals surface area contributed by atoms with E-state index in [1.165, 1.54) is 0 Å². The van der Waals surface area contributed by atoms with Crippen LogP contribution < -0.4 is 0 Å². The van der Waals surface area contributed by atoms with Gasteiger partial charge in [-0.05, 0) is 6.92 Å². The Kier molecular flexibility index (Phi) is 2.05. The molecule has 0 saturated carbocycles. The third-order valence-corrected chi connectivity index (χ3v) is 1.94. The lowest BCUT2D eigenvalue weighted by Crippen LogP contribution is -2.28. The van der Waals surface area contributed by atoms with Gasteiger partial charge < -0.3 is 13.9 Å². The number of ether oxygens (including phenoxy) is 2. The Hall–Kier alpha value is -0.940. The average molecular weight is 184 g/mol. The Morgan fingerprint density at radius 2 is 2.00 bits per heavy atom. The summed E-state index contributed by atoms with van der Waals surface area (Å²) in [5, 5.41) is 7.61. The highest BCUT2D eigenvalue weighted by atomic mass is 16.7. The van der Waals surface area contributed by atoms with Gasteiger partial charge in [0.05, 0.1) is 19.6 Å². The summed E-state index contributed by atoms with van der Waals surface area (Å²) in [4.78, 5) is 0. The zero-order valence-corrected chi connectivity index (χ0v) is 7.74. The number of aromatic nitrogens is 2. The van der Waals surface area contributed by atoms with Gasteiger partial charge in [0.2, 0.25) is 11.8 Å². The molecule has 0 radical (unpaired) electrons. The first kappa shape index (κ1) is 8.65. The number of hydrogen-bond donors (Lipinski definition) is 0. The molecular formula is C8H12N2O3. The summed E-state index contributed by atoms with van der Waals surface area (Å²) in [7, 11) is 0. The number of hydrogen-bond acceptors (Lipinski definition) is 5. The second kappa shape index (κ2) is 3.08. The molecule has 1 aromatic heterocycles. The van der Waals surface area contributed by atoms with E-state index in [2.05, 4.69) is 10.2 Å². The minimum absolute atomic E-state index is 0.508. The van der Waals surface area contributed by atoms with Crippen LogP contribution >= 0.6 is 0 Å². The fourth-order valence-corrected chi connectivity index (χ4v) is 1.34. The van der Waals surface area contributed by atoms with E-state index in [1.54, 1.807) is 6.92 Å². The maximum atomic E-state index is 5.40. The van der Waals surface area contributed by atoms with Crippen molar-refractivity contribution in [3.63, 3.8) is 0 Å². The molecule has 0 aliphatic carbocycles. The van der Waals surface area contributed by atoms with Crippen LogP contribution in [0.15, 0.2) is 4.42 Å². The van der Waals surface area contributed by atoms with Crippen molar-refractivity contribution in [3.05, 3.63) is 11.8 Å². The smallest absolute Gasteiger partial charge is 0.221 e. The van der Waals surface area contributed by atoms with Gasteiger partial charge in [-0.1, -0.05) is 0 Å². The fraction of sp³-hybridized carbons (Fsp3) is 0.750. The molecule has 1 aromatic rings. The van der Waals surface area contributed by atoms with Crippen LogP contribution in [0.1, 0.15) is 18.7 Å². The van der Waals surface area contributed by atoms with Crippen molar-refractivity contribution in [2.45, 2.75) is 26.1 Å². The van der Waals surface area contributed by atoms with Crippen LogP contribution in [0.5, 0.6) is 0 Å². The number of rotatable bonds is 2. The molecule has 0 bridgehead atoms.